The third-order valence-corrected chi connectivity index (χ3v) is 5.65. The third-order valence-electron chi connectivity index (χ3n) is 5.65. The molecule has 2 aromatic carbocycles. The van der Waals surface area contributed by atoms with Gasteiger partial charge >= 0.3 is 0 Å². The van der Waals surface area contributed by atoms with Gasteiger partial charge in [0, 0.05) is 10.5 Å². The van der Waals surface area contributed by atoms with Crippen LogP contribution in [0.25, 0.3) is 21.2 Å². The molecule has 0 heterocycles. The topological polar surface area (TPSA) is 85.7 Å². The zero-order valence-corrected chi connectivity index (χ0v) is 19.4. The number of hydrogen-bond acceptors (Lipinski definition) is 5. The zero-order valence-electron chi connectivity index (χ0n) is 19.4. The van der Waals surface area contributed by atoms with E-state index in [1.807, 2.05) is 18.2 Å². The molecule has 1 unspecified atom stereocenters. The van der Waals surface area contributed by atoms with Gasteiger partial charge in [0.25, 0.3) is 0 Å². The standard InChI is InChI=1S/C24H35N3O4/c1-6-7-8-9-10-11-12-13-18(26-27-25)17-16-21(30-4)22-19(28-2)14-15-20(29-3)23(22)24(17)31-5/h14-16,18H,6-13H2,1-5H3. The highest BCUT2D eigenvalue weighted by molar-refractivity contribution is 6.03. The minimum Gasteiger partial charge on any atom is -0.496 e. The van der Waals surface area contributed by atoms with Gasteiger partial charge in [-0.3, -0.25) is 0 Å². The number of ether oxygens (including phenoxy) is 4. The largest absolute Gasteiger partial charge is 0.496 e. The molecule has 170 valence electrons. The lowest BCUT2D eigenvalue weighted by molar-refractivity contribution is 0.386. The maximum absolute atomic E-state index is 9.23. The van der Waals surface area contributed by atoms with Crippen LogP contribution in [0.15, 0.2) is 23.3 Å². The fraction of sp³-hybridized carbons (Fsp3) is 0.583. The first kappa shape index (κ1) is 24.5. The summed E-state index contributed by atoms with van der Waals surface area (Å²) in [6.45, 7) is 2.22. The summed E-state index contributed by atoms with van der Waals surface area (Å²) in [5, 5.41) is 5.61. The summed E-state index contributed by atoms with van der Waals surface area (Å²) in [5.74, 6) is 2.54. The van der Waals surface area contributed by atoms with Crippen LogP contribution in [0.1, 0.15) is 69.9 Å². The molecule has 0 saturated heterocycles. The van der Waals surface area contributed by atoms with Crippen molar-refractivity contribution in [1.82, 2.24) is 0 Å². The molecule has 0 spiro atoms. The lowest BCUT2D eigenvalue weighted by atomic mass is 9.94. The van der Waals surface area contributed by atoms with Gasteiger partial charge < -0.3 is 18.9 Å². The SMILES string of the molecule is CCCCCCCCCC(N=[N+]=[N-])c1cc(OC)c2c(OC)ccc(OC)c2c1OC. The first-order valence-corrected chi connectivity index (χ1v) is 11.0. The van der Waals surface area contributed by atoms with Gasteiger partial charge in [-0.1, -0.05) is 57.0 Å². The predicted molar refractivity (Wildman–Crippen MR) is 125 cm³/mol. The highest BCUT2D eigenvalue weighted by Gasteiger charge is 2.24. The zero-order chi connectivity index (χ0) is 22.6. The molecule has 1 atom stereocenters. The number of methoxy groups -OCH3 is 4. The molecule has 7 nitrogen and oxygen atoms in total. The van der Waals surface area contributed by atoms with Crippen molar-refractivity contribution in [3.05, 3.63) is 34.2 Å². The Hall–Kier alpha value is -2.79. The van der Waals surface area contributed by atoms with Gasteiger partial charge in [0.2, 0.25) is 0 Å². The van der Waals surface area contributed by atoms with Gasteiger partial charge in [0.1, 0.15) is 23.0 Å². The number of rotatable bonds is 14. The second-order valence-corrected chi connectivity index (χ2v) is 7.55. The average Bonchev–Trinajstić information content (AvgIpc) is 2.80. The predicted octanol–water partition coefficient (Wildman–Crippen LogP) is 7.37. The van der Waals surface area contributed by atoms with Crippen molar-refractivity contribution in [3.63, 3.8) is 0 Å². The van der Waals surface area contributed by atoms with E-state index in [-0.39, 0.29) is 6.04 Å². The fourth-order valence-electron chi connectivity index (χ4n) is 4.06. The molecule has 0 aliphatic heterocycles. The molecule has 0 saturated carbocycles. The molecular weight excluding hydrogens is 394 g/mol. The summed E-state index contributed by atoms with van der Waals surface area (Å²) in [6, 6.07) is 5.21. The second-order valence-electron chi connectivity index (χ2n) is 7.55. The van der Waals surface area contributed by atoms with Gasteiger partial charge in [0.15, 0.2) is 0 Å². The highest BCUT2D eigenvalue weighted by atomic mass is 16.5. The smallest absolute Gasteiger partial charge is 0.134 e. The summed E-state index contributed by atoms with van der Waals surface area (Å²) in [7, 11) is 6.46. The highest BCUT2D eigenvalue weighted by Crippen LogP contribution is 2.48. The van der Waals surface area contributed by atoms with E-state index in [4.69, 9.17) is 18.9 Å². The minimum atomic E-state index is -0.357. The summed E-state index contributed by atoms with van der Waals surface area (Å²) >= 11 is 0. The molecule has 0 amide bonds. The Kier molecular flexibility index (Phi) is 10.1. The van der Waals surface area contributed by atoms with Crippen molar-refractivity contribution < 1.29 is 18.9 Å². The Morgan fingerprint density at radius 2 is 1.39 bits per heavy atom. The quantitative estimate of drug-likeness (QED) is 0.136. The van der Waals surface area contributed by atoms with E-state index in [2.05, 4.69) is 16.9 Å². The molecule has 2 aromatic rings. The monoisotopic (exact) mass is 429 g/mol. The lowest BCUT2D eigenvalue weighted by Crippen LogP contribution is -2.03. The van der Waals surface area contributed by atoms with Crippen molar-refractivity contribution in [2.75, 3.05) is 28.4 Å². The van der Waals surface area contributed by atoms with Crippen molar-refractivity contribution >= 4 is 10.8 Å². The van der Waals surface area contributed by atoms with Gasteiger partial charge in [-0.05, 0) is 30.2 Å². The molecule has 31 heavy (non-hydrogen) atoms. The third kappa shape index (κ3) is 5.88. The van der Waals surface area contributed by atoms with Gasteiger partial charge in [0.05, 0.1) is 45.3 Å². The molecule has 0 N–H and O–H groups in total. The Bertz CT molecular complexity index is 894. The molecule has 0 bridgehead atoms. The van der Waals surface area contributed by atoms with Crippen LogP contribution in [0, 0.1) is 0 Å². The van der Waals surface area contributed by atoms with Gasteiger partial charge in [-0.15, -0.1) is 0 Å². The van der Waals surface area contributed by atoms with E-state index >= 15 is 0 Å². The van der Waals surface area contributed by atoms with Gasteiger partial charge in [-0.2, -0.15) is 0 Å². The Morgan fingerprint density at radius 3 is 1.94 bits per heavy atom. The van der Waals surface area contributed by atoms with Crippen LogP contribution in [0.4, 0.5) is 0 Å². The molecule has 7 heteroatoms. The van der Waals surface area contributed by atoms with Gasteiger partial charge in [-0.25, -0.2) is 0 Å². The fourth-order valence-corrected chi connectivity index (χ4v) is 4.06. The van der Waals surface area contributed by atoms with E-state index in [0.29, 0.717) is 23.0 Å². The van der Waals surface area contributed by atoms with Crippen LogP contribution in [0.3, 0.4) is 0 Å². The van der Waals surface area contributed by atoms with E-state index in [1.54, 1.807) is 28.4 Å². The van der Waals surface area contributed by atoms with Crippen molar-refractivity contribution in [2.24, 2.45) is 5.11 Å². The molecule has 0 aromatic heterocycles. The van der Waals surface area contributed by atoms with E-state index in [1.165, 1.54) is 32.1 Å². The Morgan fingerprint density at radius 1 is 0.806 bits per heavy atom. The number of nitrogens with zero attached hydrogens (tertiary/aromatic N) is 3. The summed E-state index contributed by atoms with van der Waals surface area (Å²) in [6.07, 6.45) is 9.12. The Balaban J connectivity index is 2.44. The van der Waals surface area contributed by atoms with Crippen LogP contribution in [-0.4, -0.2) is 28.4 Å². The number of hydrogen-bond donors (Lipinski definition) is 0. The average molecular weight is 430 g/mol. The molecule has 0 radical (unpaired) electrons. The van der Waals surface area contributed by atoms with Crippen molar-refractivity contribution in [2.45, 2.75) is 64.3 Å². The van der Waals surface area contributed by atoms with E-state index in [9.17, 15) is 5.53 Å². The summed E-state index contributed by atoms with van der Waals surface area (Å²) in [5.41, 5.74) is 10.0. The first-order valence-electron chi connectivity index (χ1n) is 11.0. The molecule has 2 rings (SSSR count). The Labute approximate surface area is 185 Å². The van der Waals surface area contributed by atoms with Crippen LogP contribution in [0.2, 0.25) is 0 Å². The number of unbranched alkanes of at least 4 members (excludes halogenated alkanes) is 6. The number of azide groups is 1. The number of fused-ring (bicyclic) bond motifs is 1. The minimum absolute atomic E-state index is 0.357. The van der Waals surface area contributed by atoms with Crippen LogP contribution in [-0.2, 0) is 0 Å². The van der Waals surface area contributed by atoms with Crippen molar-refractivity contribution in [3.8, 4) is 23.0 Å². The van der Waals surface area contributed by atoms with Crippen LogP contribution < -0.4 is 18.9 Å². The van der Waals surface area contributed by atoms with E-state index in [0.717, 1.165) is 35.6 Å². The second kappa shape index (κ2) is 12.8. The normalized spacial score (nSPS) is 11.6. The molecule has 0 fully saturated rings. The van der Waals surface area contributed by atoms with E-state index < -0.39 is 0 Å². The van der Waals surface area contributed by atoms with Crippen LogP contribution in [0.5, 0.6) is 23.0 Å². The first-order chi connectivity index (χ1) is 15.2. The molecule has 0 aliphatic carbocycles. The maximum atomic E-state index is 9.23. The van der Waals surface area contributed by atoms with Crippen LogP contribution >= 0.6 is 0 Å². The maximum Gasteiger partial charge on any atom is 0.134 e. The summed E-state index contributed by atoms with van der Waals surface area (Å²) in [4.78, 5) is 3.11. The van der Waals surface area contributed by atoms with Crippen molar-refractivity contribution in [1.29, 1.82) is 0 Å². The molecule has 0 aliphatic rings. The number of benzene rings is 2. The summed E-state index contributed by atoms with van der Waals surface area (Å²) < 4.78 is 22.7. The lowest BCUT2D eigenvalue weighted by Gasteiger charge is -2.21. The molecular formula is C24H35N3O4.